The summed E-state index contributed by atoms with van der Waals surface area (Å²) in [6.07, 6.45) is 0. The zero-order chi connectivity index (χ0) is 10.7. The van der Waals surface area contributed by atoms with Gasteiger partial charge in [-0.3, -0.25) is 0 Å². The van der Waals surface area contributed by atoms with Crippen LogP contribution in [0.4, 0.5) is 0 Å². The van der Waals surface area contributed by atoms with Crippen LogP contribution < -0.4 is 4.74 Å². The Kier molecular flexibility index (Phi) is 2.98. The van der Waals surface area contributed by atoms with Crippen LogP contribution in [0.3, 0.4) is 0 Å². The molecule has 0 amide bonds. The molecule has 0 saturated heterocycles. The lowest BCUT2D eigenvalue weighted by atomic mass is 10.00. The first kappa shape index (κ1) is 10.4. The smallest absolute Gasteiger partial charge is 0.125 e. The van der Waals surface area contributed by atoms with Crippen molar-refractivity contribution in [2.24, 2.45) is 0 Å². The summed E-state index contributed by atoms with van der Waals surface area (Å²) in [5.74, 6) is 0.541. The van der Waals surface area contributed by atoms with Crippen LogP contribution in [-0.4, -0.2) is 12.2 Å². The number of phenols is 1. The van der Waals surface area contributed by atoms with Crippen LogP contribution in [0.1, 0.15) is 24.0 Å². The van der Waals surface area contributed by atoms with E-state index in [1.54, 1.807) is 33.1 Å². The molecule has 0 fully saturated rings. The van der Waals surface area contributed by atoms with E-state index in [2.05, 4.69) is 6.07 Å². The summed E-state index contributed by atoms with van der Waals surface area (Å²) < 4.78 is 5.09. The predicted octanol–water partition coefficient (Wildman–Crippen LogP) is 2.34. The number of ether oxygens (including phenoxy) is 1. The molecule has 0 saturated carbocycles. The molecule has 0 aliphatic heterocycles. The van der Waals surface area contributed by atoms with Gasteiger partial charge >= 0.3 is 0 Å². The summed E-state index contributed by atoms with van der Waals surface area (Å²) in [5.41, 5.74) is 1.47. The van der Waals surface area contributed by atoms with E-state index in [1.807, 2.05) is 0 Å². The van der Waals surface area contributed by atoms with Gasteiger partial charge in [0.15, 0.2) is 0 Å². The van der Waals surface area contributed by atoms with Crippen LogP contribution in [0.25, 0.3) is 0 Å². The molecule has 74 valence electrons. The number of benzene rings is 1. The quantitative estimate of drug-likeness (QED) is 0.780. The third-order valence-corrected chi connectivity index (χ3v) is 2.27. The third-order valence-electron chi connectivity index (χ3n) is 2.27. The Hall–Kier alpha value is -1.69. The molecule has 0 aromatic heterocycles. The fraction of sp³-hybridized carbons (Fsp3) is 0.364. The summed E-state index contributed by atoms with van der Waals surface area (Å²) in [7, 11) is 1.54. The van der Waals surface area contributed by atoms with Gasteiger partial charge in [0.1, 0.15) is 11.5 Å². The molecule has 1 atom stereocenters. The molecule has 1 aromatic rings. The van der Waals surface area contributed by atoms with E-state index in [0.717, 1.165) is 5.56 Å². The van der Waals surface area contributed by atoms with Crippen molar-refractivity contribution in [1.82, 2.24) is 0 Å². The van der Waals surface area contributed by atoms with Gasteiger partial charge in [-0.1, -0.05) is 0 Å². The van der Waals surface area contributed by atoms with Gasteiger partial charge in [-0.15, -0.1) is 0 Å². The van der Waals surface area contributed by atoms with Crippen LogP contribution >= 0.6 is 0 Å². The molecular formula is C11H13NO2. The summed E-state index contributed by atoms with van der Waals surface area (Å²) in [5, 5.41) is 18.3. The van der Waals surface area contributed by atoms with Gasteiger partial charge < -0.3 is 9.84 Å². The van der Waals surface area contributed by atoms with Crippen LogP contribution in [0.5, 0.6) is 11.5 Å². The minimum Gasteiger partial charge on any atom is -0.508 e. The first-order chi connectivity index (χ1) is 6.60. The maximum atomic E-state index is 9.57. The lowest BCUT2D eigenvalue weighted by molar-refractivity contribution is 0.402. The maximum absolute atomic E-state index is 9.57. The normalized spacial score (nSPS) is 11.9. The number of rotatable bonds is 2. The van der Waals surface area contributed by atoms with Gasteiger partial charge in [-0.2, -0.15) is 5.26 Å². The third kappa shape index (κ3) is 1.80. The van der Waals surface area contributed by atoms with Gasteiger partial charge in [0, 0.05) is 5.56 Å². The highest BCUT2D eigenvalue weighted by molar-refractivity contribution is 5.48. The summed E-state index contributed by atoms with van der Waals surface area (Å²) in [6, 6.07) is 5.50. The number of nitriles is 1. The monoisotopic (exact) mass is 191 g/mol. The van der Waals surface area contributed by atoms with Crippen molar-refractivity contribution in [3.63, 3.8) is 0 Å². The number of phenolic OH excluding ortho intramolecular Hbond substituents is 1. The first-order valence-electron chi connectivity index (χ1n) is 4.37. The summed E-state index contributed by atoms with van der Waals surface area (Å²) >= 11 is 0. The second kappa shape index (κ2) is 4.01. The highest BCUT2D eigenvalue weighted by atomic mass is 16.5. The predicted molar refractivity (Wildman–Crippen MR) is 53.4 cm³/mol. The molecule has 1 unspecified atom stereocenters. The zero-order valence-electron chi connectivity index (χ0n) is 8.53. The molecule has 1 aromatic carbocycles. The van der Waals surface area contributed by atoms with E-state index in [9.17, 15) is 5.11 Å². The minimum absolute atomic E-state index is 0.168. The number of hydrogen-bond donors (Lipinski definition) is 1. The Morgan fingerprint density at radius 1 is 1.50 bits per heavy atom. The second-order valence-corrected chi connectivity index (χ2v) is 3.22. The van der Waals surface area contributed by atoms with Crippen LogP contribution in [0.15, 0.2) is 12.1 Å². The van der Waals surface area contributed by atoms with E-state index >= 15 is 0 Å². The topological polar surface area (TPSA) is 53.2 Å². The molecule has 1 rings (SSSR count). The van der Waals surface area contributed by atoms with Crippen LogP contribution in [-0.2, 0) is 0 Å². The van der Waals surface area contributed by atoms with Crippen molar-refractivity contribution in [3.8, 4) is 17.6 Å². The fourth-order valence-electron chi connectivity index (χ4n) is 1.23. The summed E-state index contributed by atoms with van der Waals surface area (Å²) in [4.78, 5) is 0. The molecule has 0 heterocycles. The highest BCUT2D eigenvalue weighted by Gasteiger charge is 2.10. The molecule has 0 radical (unpaired) electrons. The Bertz CT molecular complexity index is 380. The van der Waals surface area contributed by atoms with Crippen molar-refractivity contribution < 1.29 is 9.84 Å². The van der Waals surface area contributed by atoms with E-state index in [-0.39, 0.29) is 11.7 Å². The van der Waals surface area contributed by atoms with Crippen molar-refractivity contribution in [1.29, 1.82) is 5.26 Å². The van der Waals surface area contributed by atoms with Crippen LogP contribution in [0, 0.1) is 18.3 Å². The standard InChI is InChI=1S/C11H13NO2/c1-7(6-12)9-4-10(13)8(2)11(5-9)14-3/h4-5,7,13H,1-3H3. The molecular weight excluding hydrogens is 178 g/mol. The van der Waals surface area contributed by atoms with Crippen molar-refractivity contribution in [3.05, 3.63) is 23.3 Å². The Morgan fingerprint density at radius 2 is 2.14 bits per heavy atom. The molecule has 3 nitrogen and oxygen atoms in total. The zero-order valence-corrected chi connectivity index (χ0v) is 8.53. The number of methoxy groups -OCH3 is 1. The molecule has 0 aliphatic carbocycles. The van der Waals surface area contributed by atoms with Gasteiger partial charge in [-0.05, 0) is 31.5 Å². The van der Waals surface area contributed by atoms with Gasteiger partial charge in [0.25, 0.3) is 0 Å². The number of nitrogens with zero attached hydrogens (tertiary/aromatic N) is 1. The maximum Gasteiger partial charge on any atom is 0.125 e. The molecule has 0 bridgehead atoms. The van der Waals surface area contributed by atoms with E-state index in [4.69, 9.17) is 10.00 Å². The summed E-state index contributed by atoms with van der Waals surface area (Å²) in [6.45, 7) is 3.55. The van der Waals surface area contributed by atoms with Crippen molar-refractivity contribution >= 4 is 0 Å². The SMILES string of the molecule is COc1cc(C(C)C#N)cc(O)c1C. The van der Waals surface area contributed by atoms with Crippen molar-refractivity contribution in [2.75, 3.05) is 7.11 Å². The number of hydrogen-bond acceptors (Lipinski definition) is 3. The Morgan fingerprint density at radius 3 is 2.64 bits per heavy atom. The van der Waals surface area contributed by atoms with Crippen molar-refractivity contribution in [2.45, 2.75) is 19.8 Å². The largest absolute Gasteiger partial charge is 0.508 e. The van der Waals surface area contributed by atoms with Gasteiger partial charge in [-0.25, -0.2) is 0 Å². The molecule has 0 spiro atoms. The van der Waals surface area contributed by atoms with Crippen LogP contribution in [0.2, 0.25) is 0 Å². The Labute approximate surface area is 83.6 Å². The first-order valence-corrected chi connectivity index (χ1v) is 4.37. The van der Waals surface area contributed by atoms with E-state index in [1.165, 1.54) is 0 Å². The molecule has 0 aliphatic rings. The molecule has 1 N–H and O–H groups in total. The van der Waals surface area contributed by atoms with E-state index < -0.39 is 0 Å². The average molecular weight is 191 g/mol. The van der Waals surface area contributed by atoms with E-state index in [0.29, 0.717) is 11.3 Å². The molecule has 14 heavy (non-hydrogen) atoms. The van der Waals surface area contributed by atoms with Gasteiger partial charge in [0.2, 0.25) is 0 Å². The second-order valence-electron chi connectivity index (χ2n) is 3.22. The Balaban J connectivity index is 3.24. The lowest BCUT2D eigenvalue weighted by Crippen LogP contribution is -1.94. The molecule has 3 heteroatoms. The minimum atomic E-state index is -0.240. The van der Waals surface area contributed by atoms with Gasteiger partial charge in [0.05, 0.1) is 19.1 Å². The number of aromatic hydroxyl groups is 1. The lowest BCUT2D eigenvalue weighted by Gasteiger charge is -2.10. The fourth-order valence-corrected chi connectivity index (χ4v) is 1.23. The highest BCUT2D eigenvalue weighted by Crippen LogP contribution is 2.31. The average Bonchev–Trinajstić information content (AvgIpc) is 2.20.